The molecule has 1 aliphatic rings. The van der Waals surface area contributed by atoms with Gasteiger partial charge in [-0.15, -0.1) is 11.3 Å². The molecule has 33 heavy (non-hydrogen) atoms. The van der Waals surface area contributed by atoms with Gasteiger partial charge in [-0.2, -0.15) is 0 Å². The van der Waals surface area contributed by atoms with Crippen LogP contribution in [0.2, 0.25) is 0 Å². The van der Waals surface area contributed by atoms with Crippen molar-refractivity contribution in [3.05, 3.63) is 76.6 Å². The zero-order chi connectivity index (χ0) is 23.7. The number of aryl methyl sites for hydroxylation is 1. The third kappa shape index (κ3) is 4.14. The number of allylic oxidation sites excluding steroid dienone is 1. The molecule has 3 aromatic rings. The lowest BCUT2D eigenvalue weighted by molar-refractivity contribution is -0.139. The third-order valence-corrected chi connectivity index (χ3v) is 7.35. The highest BCUT2D eigenvalue weighted by Gasteiger charge is 2.33. The number of carbonyl (C=O) groups is 1. The Hall–Kier alpha value is -3.17. The number of hydrogen-bond donors (Lipinski definition) is 0. The molecule has 3 heterocycles. The molecule has 0 saturated carbocycles. The predicted molar refractivity (Wildman–Crippen MR) is 129 cm³/mol. The average molecular weight is 485 g/mol. The maximum Gasteiger partial charge on any atom is 0.338 e. The molecule has 0 radical (unpaired) electrons. The van der Waals surface area contributed by atoms with E-state index in [1.807, 2.05) is 30.5 Å². The summed E-state index contributed by atoms with van der Waals surface area (Å²) in [6, 6.07) is 6.68. The number of fused-ring (bicyclic) bond motifs is 1. The first-order valence-corrected chi connectivity index (χ1v) is 12.0. The van der Waals surface area contributed by atoms with E-state index in [1.165, 1.54) is 11.3 Å². The molecule has 0 spiro atoms. The van der Waals surface area contributed by atoms with Crippen molar-refractivity contribution >= 4 is 34.7 Å². The van der Waals surface area contributed by atoms with Gasteiger partial charge in [-0.05, 0) is 61.6 Å². The summed E-state index contributed by atoms with van der Waals surface area (Å²) < 4.78 is 18.3. The zero-order valence-electron chi connectivity index (χ0n) is 19.0. The summed E-state index contributed by atoms with van der Waals surface area (Å²) in [6.45, 7) is 5.74. The Morgan fingerprint density at radius 1 is 1.18 bits per heavy atom. The molecule has 0 amide bonds. The summed E-state index contributed by atoms with van der Waals surface area (Å²) >= 11 is 2.88. The van der Waals surface area contributed by atoms with Crippen molar-refractivity contribution in [3.63, 3.8) is 0 Å². The van der Waals surface area contributed by atoms with Crippen LogP contribution in [0.4, 0.5) is 0 Å². The molecule has 1 aromatic carbocycles. The van der Waals surface area contributed by atoms with Gasteiger partial charge >= 0.3 is 5.97 Å². The standard InChI is InChI=1S/C24H24N2O5S2/c1-6-31-23(28)20-14(3)25-24-26(21(20)15-7-8-16(29-4)17(11-15)30-5)22(27)19(33-24)12-18-13(2)9-10-32-18/h7-12,21H,6H2,1-5H3/t21-/m0/s1. The van der Waals surface area contributed by atoms with Gasteiger partial charge in [0.15, 0.2) is 16.3 Å². The summed E-state index contributed by atoms with van der Waals surface area (Å²) in [5, 5.41) is 1.99. The van der Waals surface area contributed by atoms with Crippen LogP contribution in [0.25, 0.3) is 6.08 Å². The van der Waals surface area contributed by atoms with E-state index in [0.29, 0.717) is 37.7 Å². The second-order valence-corrected chi connectivity index (χ2v) is 9.34. The molecular formula is C24H24N2O5S2. The summed E-state index contributed by atoms with van der Waals surface area (Å²) in [5.41, 5.74) is 2.44. The number of rotatable bonds is 6. The maximum absolute atomic E-state index is 13.6. The van der Waals surface area contributed by atoms with Crippen LogP contribution in [-0.4, -0.2) is 31.4 Å². The molecule has 1 aliphatic heterocycles. The number of nitrogens with zero attached hydrogens (tertiary/aromatic N) is 2. The fourth-order valence-electron chi connectivity index (χ4n) is 3.78. The minimum absolute atomic E-state index is 0.208. The van der Waals surface area contributed by atoms with Crippen molar-refractivity contribution in [2.75, 3.05) is 20.8 Å². The van der Waals surface area contributed by atoms with Crippen molar-refractivity contribution in [2.45, 2.75) is 26.8 Å². The Labute approximate surface area is 198 Å². The molecule has 0 unspecified atom stereocenters. The van der Waals surface area contributed by atoms with Gasteiger partial charge in [0.05, 0.1) is 42.7 Å². The molecule has 0 N–H and O–H groups in total. The van der Waals surface area contributed by atoms with Crippen molar-refractivity contribution in [1.82, 2.24) is 4.57 Å². The maximum atomic E-state index is 13.6. The van der Waals surface area contributed by atoms with Crippen LogP contribution >= 0.6 is 22.7 Å². The van der Waals surface area contributed by atoms with Gasteiger partial charge in [-0.3, -0.25) is 9.36 Å². The highest BCUT2D eigenvalue weighted by atomic mass is 32.1. The van der Waals surface area contributed by atoms with E-state index < -0.39 is 12.0 Å². The molecule has 2 aromatic heterocycles. The number of benzene rings is 1. The monoisotopic (exact) mass is 484 g/mol. The Morgan fingerprint density at radius 2 is 1.94 bits per heavy atom. The molecular weight excluding hydrogens is 460 g/mol. The lowest BCUT2D eigenvalue weighted by atomic mass is 9.95. The van der Waals surface area contributed by atoms with E-state index in [1.54, 1.807) is 56.1 Å². The highest BCUT2D eigenvalue weighted by molar-refractivity contribution is 7.11. The van der Waals surface area contributed by atoms with Gasteiger partial charge in [-0.25, -0.2) is 9.79 Å². The summed E-state index contributed by atoms with van der Waals surface area (Å²) in [4.78, 5) is 32.7. The van der Waals surface area contributed by atoms with Gasteiger partial charge < -0.3 is 14.2 Å². The number of esters is 1. The summed E-state index contributed by atoms with van der Waals surface area (Å²) in [5.74, 6) is 0.561. The van der Waals surface area contributed by atoms with E-state index in [2.05, 4.69) is 4.99 Å². The SMILES string of the molecule is CCOC(=O)C1=C(C)N=c2sc(=Cc3sccc3C)c(=O)n2[C@H]1c1ccc(OC)c(OC)c1. The zero-order valence-corrected chi connectivity index (χ0v) is 20.6. The molecule has 0 bridgehead atoms. The van der Waals surface area contributed by atoms with E-state index in [4.69, 9.17) is 14.2 Å². The minimum atomic E-state index is -0.702. The van der Waals surface area contributed by atoms with Crippen molar-refractivity contribution in [3.8, 4) is 11.5 Å². The molecule has 172 valence electrons. The topological polar surface area (TPSA) is 79.1 Å². The second-order valence-electron chi connectivity index (χ2n) is 7.38. The largest absolute Gasteiger partial charge is 0.493 e. The van der Waals surface area contributed by atoms with Crippen LogP contribution in [0.5, 0.6) is 11.5 Å². The van der Waals surface area contributed by atoms with Gasteiger partial charge in [0.25, 0.3) is 5.56 Å². The van der Waals surface area contributed by atoms with Crippen molar-refractivity contribution in [2.24, 2.45) is 4.99 Å². The average Bonchev–Trinajstić information content (AvgIpc) is 3.34. The van der Waals surface area contributed by atoms with Crippen LogP contribution < -0.4 is 24.4 Å². The lowest BCUT2D eigenvalue weighted by Gasteiger charge is -2.25. The van der Waals surface area contributed by atoms with Crippen LogP contribution in [0, 0.1) is 6.92 Å². The Balaban J connectivity index is 1.99. The number of thiophene rings is 1. The van der Waals surface area contributed by atoms with Crippen molar-refractivity contribution in [1.29, 1.82) is 0 Å². The first kappa shape index (κ1) is 23.0. The fraction of sp³-hybridized carbons (Fsp3) is 0.292. The van der Waals surface area contributed by atoms with E-state index >= 15 is 0 Å². The Morgan fingerprint density at radius 3 is 2.58 bits per heavy atom. The lowest BCUT2D eigenvalue weighted by Crippen LogP contribution is -2.39. The minimum Gasteiger partial charge on any atom is -0.493 e. The predicted octanol–water partition coefficient (Wildman–Crippen LogP) is 3.19. The molecule has 0 fully saturated rings. The van der Waals surface area contributed by atoms with Gasteiger partial charge in [0.1, 0.15) is 0 Å². The van der Waals surface area contributed by atoms with Gasteiger partial charge in [0.2, 0.25) is 0 Å². The third-order valence-electron chi connectivity index (χ3n) is 5.40. The van der Waals surface area contributed by atoms with E-state index in [-0.39, 0.29) is 12.2 Å². The first-order chi connectivity index (χ1) is 15.9. The second kappa shape index (κ2) is 9.36. The Bertz CT molecular complexity index is 1430. The molecule has 0 saturated heterocycles. The van der Waals surface area contributed by atoms with Crippen LogP contribution in [0.15, 0.2) is 50.7 Å². The molecule has 9 heteroatoms. The highest BCUT2D eigenvalue weighted by Crippen LogP contribution is 2.36. The summed E-state index contributed by atoms with van der Waals surface area (Å²) in [7, 11) is 3.10. The number of hydrogen-bond acceptors (Lipinski definition) is 8. The van der Waals surface area contributed by atoms with E-state index in [9.17, 15) is 9.59 Å². The number of ether oxygens (including phenoxy) is 3. The Kier molecular flexibility index (Phi) is 6.53. The first-order valence-electron chi connectivity index (χ1n) is 10.3. The molecule has 0 aliphatic carbocycles. The number of thiazole rings is 1. The number of carbonyl (C=O) groups excluding carboxylic acids is 1. The molecule has 1 atom stereocenters. The fourth-order valence-corrected chi connectivity index (χ4v) is 5.74. The quantitative estimate of drug-likeness (QED) is 0.502. The number of aromatic nitrogens is 1. The van der Waals surface area contributed by atoms with Gasteiger partial charge in [-0.1, -0.05) is 17.4 Å². The normalized spacial score (nSPS) is 15.8. The molecule has 4 rings (SSSR count). The van der Waals surface area contributed by atoms with Crippen LogP contribution in [0.3, 0.4) is 0 Å². The number of methoxy groups -OCH3 is 2. The summed E-state index contributed by atoms with van der Waals surface area (Å²) in [6.07, 6.45) is 1.89. The van der Waals surface area contributed by atoms with Crippen molar-refractivity contribution < 1.29 is 19.0 Å². The van der Waals surface area contributed by atoms with Crippen LogP contribution in [0.1, 0.15) is 35.9 Å². The van der Waals surface area contributed by atoms with E-state index in [0.717, 1.165) is 10.4 Å². The van der Waals surface area contributed by atoms with Crippen LogP contribution in [-0.2, 0) is 9.53 Å². The molecule has 7 nitrogen and oxygen atoms in total. The van der Waals surface area contributed by atoms with Gasteiger partial charge in [0, 0.05) is 4.88 Å². The smallest absolute Gasteiger partial charge is 0.338 e.